The van der Waals surface area contributed by atoms with Crippen LogP contribution in [0.25, 0.3) is 11.0 Å². The molecule has 3 atom stereocenters. The zero-order valence-corrected chi connectivity index (χ0v) is 18.7. The van der Waals surface area contributed by atoms with E-state index < -0.39 is 23.6 Å². The highest BCUT2D eigenvalue weighted by Crippen LogP contribution is 2.39. The fourth-order valence-corrected chi connectivity index (χ4v) is 4.94. The van der Waals surface area contributed by atoms with E-state index in [-0.39, 0.29) is 23.2 Å². The first-order valence-electron chi connectivity index (χ1n) is 11.1. The van der Waals surface area contributed by atoms with Crippen molar-refractivity contribution in [3.05, 3.63) is 57.8 Å². The molecule has 0 saturated carbocycles. The van der Waals surface area contributed by atoms with Crippen LogP contribution < -0.4 is 10.5 Å². The first-order chi connectivity index (χ1) is 15.6. The first-order valence-corrected chi connectivity index (χ1v) is 11.1. The number of halogens is 4. The molecule has 178 valence electrons. The molecular weight excluding hydrogens is 438 g/mol. The Kier molecular flexibility index (Phi) is 6.22. The van der Waals surface area contributed by atoms with Crippen LogP contribution in [0.1, 0.15) is 50.8 Å². The van der Waals surface area contributed by atoms with Gasteiger partial charge in [0.05, 0.1) is 23.0 Å². The maximum absolute atomic E-state index is 13.7. The Morgan fingerprint density at radius 3 is 2.55 bits per heavy atom. The summed E-state index contributed by atoms with van der Waals surface area (Å²) in [5.74, 6) is -0.903. The molecule has 0 spiro atoms. The number of nitrogens with one attached hydrogen (secondary N) is 2. The van der Waals surface area contributed by atoms with E-state index in [0.717, 1.165) is 23.7 Å². The molecule has 2 aromatic heterocycles. The Bertz CT molecular complexity index is 1190. The van der Waals surface area contributed by atoms with Crippen molar-refractivity contribution in [1.82, 2.24) is 20.1 Å². The quantitative estimate of drug-likeness (QED) is 0.529. The Balaban J connectivity index is 1.71. The zero-order valence-electron chi connectivity index (χ0n) is 18.7. The predicted molar refractivity (Wildman–Crippen MR) is 119 cm³/mol. The molecule has 0 amide bonds. The van der Waals surface area contributed by atoms with E-state index in [4.69, 9.17) is 0 Å². The monoisotopic (exact) mass is 465 g/mol. The number of pyridine rings is 1. The number of nitrogens with zero attached hydrogens (tertiary/aromatic N) is 3. The maximum atomic E-state index is 13.7. The van der Waals surface area contributed by atoms with Crippen LogP contribution in [0.5, 0.6) is 0 Å². The number of hydrogen-bond donors (Lipinski definition) is 2. The molecule has 6 nitrogen and oxygen atoms in total. The van der Waals surface area contributed by atoms with E-state index in [1.807, 2.05) is 13.8 Å². The lowest BCUT2D eigenvalue weighted by Crippen LogP contribution is -2.59. The molecule has 3 heterocycles. The van der Waals surface area contributed by atoms with Gasteiger partial charge in [0.25, 0.3) is 5.56 Å². The third-order valence-corrected chi connectivity index (χ3v) is 6.68. The van der Waals surface area contributed by atoms with Gasteiger partial charge in [-0.3, -0.25) is 14.8 Å². The van der Waals surface area contributed by atoms with Crippen LogP contribution in [0, 0.1) is 5.82 Å². The minimum Gasteiger partial charge on any atom is -0.364 e. The molecule has 1 fully saturated rings. The Morgan fingerprint density at radius 1 is 1.15 bits per heavy atom. The summed E-state index contributed by atoms with van der Waals surface area (Å²) < 4.78 is 54.7. The fourth-order valence-electron chi connectivity index (χ4n) is 4.94. The van der Waals surface area contributed by atoms with Crippen molar-refractivity contribution < 1.29 is 17.6 Å². The number of piperazine rings is 1. The van der Waals surface area contributed by atoms with E-state index >= 15 is 0 Å². The summed E-state index contributed by atoms with van der Waals surface area (Å²) in [7, 11) is 0. The van der Waals surface area contributed by atoms with Gasteiger partial charge in [-0.15, -0.1) is 0 Å². The van der Waals surface area contributed by atoms with Crippen molar-refractivity contribution in [3.63, 3.8) is 0 Å². The second kappa shape index (κ2) is 8.81. The molecular formula is C23H27F4N5O. The molecule has 1 unspecified atom stereocenters. The number of aromatic amines is 2. The van der Waals surface area contributed by atoms with Gasteiger partial charge in [0.15, 0.2) is 0 Å². The van der Waals surface area contributed by atoms with Crippen molar-refractivity contribution in [2.75, 3.05) is 18.0 Å². The third kappa shape index (κ3) is 4.36. The average Bonchev–Trinajstić information content (AvgIpc) is 3.25. The Labute approximate surface area is 188 Å². The molecule has 33 heavy (non-hydrogen) atoms. The topological polar surface area (TPSA) is 68.0 Å². The number of aromatic nitrogens is 3. The van der Waals surface area contributed by atoms with E-state index in [0.29, 0.717) is 31.1 Å². The zero-order chi connectivity index (χ0) is 23.9. The second-order valence-corrected chi connectivity index (χ2v) is 8.56. The molecule has 1 saturated heterocycles. The number of H-pyrrole nitrogens is 2. The molecule has 10 heteroatoms. The van der Waals surface area contributed by atoms with Crippen LogP contribution in [-0.4, -0.2) is 45.3 Å². The first kappa shape index (κ1) is 23.3. The highest BCUT2D eigenvalue weighted by molar-refractivity contribution is 5.87. The minimum atomic E-state index is -4.64. The number of anilines is 1. The number of benzene rings is 1. The average molecular weight is 465 g/mol. The van der Waals surface area contributed by atoms with Crippen molar-refractivity contribution >= 4 is 16.7 Å². The summed E-state index contributed by atoms with van der Waals surface area (Å²) in [6, 6.07) is 3.79. The van der Waals surface area contributed by atoms with Crippen molar-refractivity contribution in [1.29, 1.82) is 0 Å². The molecule has 2 N–H and O–H groups in total. The predicted octanol–water partition coefficient (Wildman–Crippen LogP) is 4.85. The van der Waals surface area contributed by atoms with Gasteiger partial charge in [0.1, 0.15) is 11.3 Å². The maximum Gasteiger partial charge on any atom is 0.416 e. The van der Waals surface area contributed by atoms with Crippen LogP contribution >= 0.6 is 0 Å². The molecule has 3 aromatic rings. The lowest BCUT2D eigenvalue weighted by atomic mass is 9.94. The Hall–Kier alpha value is -2.88. The number of alkyl halides is 3. The summed E-state index contributed by atoms with van der Waals surface area (Å²) in [5.41, 5.74) is 0.965. The van der Waals surface area contributed by atoms with Gasteiger partial charge < -0.3 is 9.88 Å². The van der Waals surface area contributed by atoms with Crippen molar-refractivity contribution in [2.24, 2.45) is 0 Å². The molecule has 1 aliphatic heterocycles. The van der Waals surface area contributed by atoms with E-state index in [2.05, 4.69) is 25.0 Å². The van der Waals surface area contributed by atoms with Crippen LogP contribution in [0.3, 0.4) is 0 Å². The van der Waals surface area contributed by atoms with Gasteiger partial charge in [-0.1, -0.05) is 19.9 Å². The summed E-state index contributed by atoms with van der Waals surface area (Å²) in [5, 5.41) is 6.98. The van der Waals surface area contributed by atoms with E-state index in [1.165, 1.54) is 12.1 Å². The van der Waals surface area contributed by atoms with Gasteiger partial charge in [0, 0.05) is 37.3 Å². The highest BCUT2D eigenvalue weighted by Gasteiger charge is 2.40. The van der Waals surface area contributed by atoms with Crippen LogP contribution in [0.4, 0.5) is 23.2 Å². The summed E-state index contributed by atoms with van der Waals surface area (Å²) in [6.07, 6.45) is -1.65. The normalized spacial score (nSPS) is 21.0. The van der Waals surface area contributed by atoms with Gasteiger partial charge in [-0.05, 0) is 37.5 Å². The standard InChI is InChI=1S/C23H27F4N5O/c1-4-15-12-32(20-9-21(33)29-19-10-28-30-22(19)20)16(5-2)11-31(15)13(3)17-7-6-14(24)8-18(17)23(25,26)27/h6-10,13,15-16H,4-5,11-12H2,1-3H3,(H,28,30)(H,29,33)/t13?,15-,16+/m1/s1. The van der Waals surface area contributed by atoms with Crippen LogP contribution in [0.15, 0.2) is 35.3 Å². The molecule has 4 rings (SSSR count). The molecule has 1 aliphatic rings. The Morgan fingerprint density at radius 2 is 1.88 bits per heavy atom. The van der Waals surface area contributed by atoms with Crippen molar-refractivity contribution in [3.8, 4) is 0 Å². The number of rotatable bonds is 5. The third-order valence-electron chi connectivity index (χ3n) is 6.68. The smallest absolute Gasteiger partial charge is 0.364 e. The highest BCUT2D eigenvalue weighted by atomic mass is 19.4. The fraction of sp³-hybridized carbons (Fsp3) is 0.478. The van der Waals surface area contributed by atoms with E-state index in [9.17, 15) is 22.4 Å². The minimum absolute atomic E-state index is 0.0293. The van der Waals surface area contributed by atoms with Gasteiger partial charge in [-0.25, -0.2) is 4.39 Å². The van der Waals surface area contributed by atoms with Crippen LogP contribution in [0.2, 0.25) is 0 Å². The number of fused-ring (bicyclic) bond motifs is 1. The molecule has 0 aliphatic carbocycles. The van der Waals surface area contributed by atoms with Gasteiger partial charge in [-0.2, -0.15) is 18.3 Å². The summed E-state index contributed by atoms with van der Waals surface area (Å²) >= 11 is 0. The number of hydrogen-bond acceptors (Lipinski definition) is 4. The van der Waals surface area contributed by atoms with Crippen molar-refractivity contribution in [2.45, 2.75) is 57.9 Å². The van der Waals surface area contributed by atoms with Gasteiger partial charge in [0.2, 0.25) is 0 Å². The lowest BCUT2D eigenvalue weighted by Gasteiger charge is -2.49. The molecule has 1 aromatic carbocycles. The van der Waals surface area contributed by atoms with E-state index in [1.54, 1.807) is 13.1 Å². The lowest BCUT2D eigenvalue weighted by molar-refractivity contribution is -0.139. The van der Waals surface area contributed by atoms with Gasteiger partial charge >= 0.3 is 6.18 Å². The molecule has 0 bridgehead atoms. The largest absolute Gasteiger partial charge is 0.416 e. The second-order valence-electron chi connectivity index (χ2n) is 8.56. The van der Waals surface area contributed by atoms with Crippen LogP contribution in [-0.2, 0) is 6.18 Å². The SMILES string of the molecule is CC[C@H]1CN(C(C)c2ccc(F)cc2C(F)(F)F)[C@H](CC)CN1c1cc(=O)[nH]c2cn[nH]c12. The molecule has 0 radical (unpaired) electrons. The summed E-state index contributed by atoms with van der Waals surface area (Å²) in [4.78, 5) is 19.2. The summed E-state index contributed by atoms with van der Waals surface area (Å²) in [6.45, 7) is 6.80.